The summed E-state index contributed by atoms with van der Waals surface area (Å²) in [6, 6.07) is 0. The first-order chi connectivity index (χ1) is 3.79. The van der Waals surface area contributed by atoms with Gasteiger partial charge in [-0.05, 0) is 12.3 Å². The van der Waals surface area contributed by atoms with Gasteiger partial charge in [-0.25, -0.2) is 0 Å². The van der Waals surface area contributed by atoms with Gasteiger partial charge in [0.15, 0.2) is 0 Å². The van der Waals surface area contributed by atoms with E-state index in [0.29, 0.717) is 5.82 Å². The lowest BCUT2D eigenvalue weighted by molar-refractivity contribution is 0.584. The van der Waals surface area contributed by atoms with Crippen LogP contribution in [0.4, 0.5) is 0 Å². The number of hydrogen-bond donors (Lipinski definition) is 0. The lowest BCUT2D eigenvalue weighted by Crippen LogP contribution is -2.00. The van der Waals surface area contributed by atoms with E-state index in [0.717, 1.165) is 12.3 Å². The van der Waals surface area contributed by atoms with Crippen LogP contribution in [0.3, 0.4) is 0 Å². The standard InChI is InChI=1S/C7H11B/c1-6-2-4-7(8)5-3-6/h2,4,6-7H,3,5H2,1H3/t6-,7+/m0/s1. The number of allylic oxidation sites excluding steroid dienone is 2. The minimum absolute atomic E-state index is 0.339. The molecular formula is C7H11B. The molecule has 0 heterocycles. The molecule has 2 atom stereocenters. The Hall–Kier alpha value is -0.195. The highest BCUT2D eigenvalue weighted by Gasteiger charge is 2.06. The van der Waals surface area contributed by atoms with E-state index in [1.807, 2.05) is 0 Å². The molecule has 0 saturated heterocycles. The third-order valence-electron chi connectivity index (χ3n) is 1.64. The molecule has 1 rings (SSSR count). The van der Waals surface area contributed by atoms with Crippen molar-refractivity contribution >= 4 is 7.85 Å². The highest BCUT2D eigenvalue weighted by Crippen LogP contribution is 2.22. The monoisotopic (exact) mass is 106 g/mol. The van der Waals surface area contributed by atoms with E-state index >= 15 is 0 Å². The number of rotatable bonds is 0. The molecule has 0 nitrogen and oxygen atoms in total. The topological polar surface area (TPSA) is 0 Å². The van der Waals surface area contributed by atoms with Gasteiger partial charge >= 0.3 is 0 Å². The van der Waals surface area contributed by atoms with Gasteiger partial charge in [-0.15, -0.1) is 0 Å². The Kier molecular flexibility index (Phi) is 1.77. The second kappa shape index (κ2) is 2.39. The van der Waals surface area contributed by atoms with Gasteiger partial charge in [-0.1, -0.05) is 31.3 Å². The van der Waals surface area contributed by atoms with Crippen LogP contribution < -0.4 is 0 Å². The largest absolute Gasteiger partial charge is 0.0938 e. The Bertz CT molecular complexity index is 84.6. The first kappa shape index (κ1) is 5.93. The van der Waals surface area contributed by atoms with Gasteiger partial charge in [0.05, 0.1) is 7.85 Å². The summed E-state index contributed by atoms with van der Waals surface area (Å²) in [7, 11) is 5.61. The van der Waals surface area contributed by atoms with Gasteiger partial charge in [0.1, 0.15) is 0 Å². The Morgan fingerprint density at radius 1 is 1.38 bits per heavy atom. The lowest BCUT2D eigenvalue weighted by atomic mass is 9.77. The maximum absolute atomic E-state index is 5.61. The normalized spacial score (nSPS) is 37.6. The fraction of sp³-hybridized carbons (Fsp3) is 0.714. The molecule has 42 valence electrons. The van der Waals surface area contributed by atoms with E-state index in [9.17, 15) is 0 Å². The summed E-state index contributed by atoms with van der Waals surface area (Å²) in [6.07, 6.45) is 6.73. The minimum atomic E-state index is 0.339. The fourth-order valence-electron chi connectivity index (χ4n) is 0.980. The molecule has 0 fully saturated rings. The molecule has 0 aromatic heterocycles. The predicted molar refractivity (Wildman–Crippen MR) is 37.0 cm³/mol. The van der Waals surface area contributed by atoms with Crippen molar-refractivity contribution in [3.05, 3.63) is 12.2 Å². The van der Waals surface area contributed by atoms with E-state index in [2.05, 4.69) is 19.1 Å². The second-order valence-corrected chi connectivity index (χ2v) is 2.60. The summed E-state index contributed by atoms with van der Waals surface area (Å²) in [5.41, 5.74) is 0. The highest BCUT2D eigenvalue weighted by atomic mass is 14.1. The fourth-order valence-corrected chi connectivity index (χ4v) is 0.980. The third kappa shape index (κ3) is 1.39. The van der Waals surface area contributed by atoms with Gasteiger partial charge in [0.2, 0.25) is 0 Å². The van der Waals surface area contributed by atoms with Crippen LogP contribution in [0, 0.1) is 5.92 Å². The minimum Gasteiger partial charge on any atom is -0.0938 e. The van der Waals surface area contributed by atoms with Crippen LogP contribution in [0.1, 0.15) is 19.8 Å². The molecule has 0 aromatic rings. The molecular weight excluding hydrogens is 94.9 g/mol. The average molecular weight is 106 g/mol. The molecule has 0 unspecified atom stereocenters. The second-order valence-electron chi connectivity index (χ2n) is 2.60. The smallest absolute Gasteiger partial charge is 0.0755 e. The molecule has 0 aromatic carbocycles. The summed E-state index contributed by atoms with van der Waals surface area (Å²) in [5, 5.41) is 0. The van der Waals surface area contributed by atoms with E-state index in [-0.39, 0.29) is 0 Å². The van der Waals surface area contributed by atoms with Crippen molar-refractivity contribution in [1.29, 1.82) is 0 Å². The molecule has 1 aliphatic rings. The molecule has 0 spiro atoms. The summed E-state index contributed by atoms with van der Waals surface area (Å²) in [4.78, 5) is 0. The van der Waals surface area contributed by atoms with Crippen LogP contribution in [-0.4, -0.2) is 7.85 Å². The van der Waals surface area contributed by atoms with Crippen LogP contribution in [-0.2, 0) is 0 Å². The molecule has 1 aliphatic carbocycles. The van der Waals surface area contributed by atoms with Crippen LogP contribution in [0.5, 0.6) is 0 Å². The van der Waals surface area contributed by atoms with E-state index in [1.54, 1.807) is 0 Å². The maximum Gasteiger partial charge on any atom is 0.0755 e. The van der Waals surface area contributed by atoms with Crippen molar-refractivity contribution in [2.45, 2.75) is 25.6 Å². The number of hydrogen-bond acceptors (Lipinski definition) is 0. The van der Waals surface area contributed by atoms with Crippen molar-refractivity contribution in [3.8, 4) is 0 Å². The SMILES string of the molecule is [B][C@@H]1C=C[C@H](C)CC1. The summed E-state index contributed by atoms with van der Waals surface area (Å²) in [5.74, 6) is 1.10. The predicted octanol–water partition coefficient (Wildman–Crippen LogP) is 1.93. The zero-order valence-electron chi connectivity index (χ0n) is 5.30. The quantitative estimate of drug-likeness (QED) is 0.327. The van der Waals surface area contributed by atoms with Crippen molar-refractivity contribution in [1.82, 2.24) is 0 Å². The van der Waals surface area contributed by atoms with Gasteiger partial charge in [-0.3, -0.25) is 0 Å². The van der Waals surface area contributed by atoms with Crippen molar-refractivity contribution in [3.63, 3.8) is 0 Å². The molecule has 0 aliphatic heterocycles. The van der Waals surface area contributed by atoms with Crippen molar-refractivity contribution in [2.24, 2.45) is 5.92 Å². The zero-order chi connectivity index (χ0) is 5.98. The summed E-state index contributed by atoms with van der Waals surface area (Å²) >= 11 is 0. The third-order valence-corrected chi connectivity index (χ3v) is 1.64. The molecule has 2 radical (unpaired) electrons. The van der Waals surface area contributed by atoms with Crippen LogP contribution in [0.25, 0.3) is 0 Å². The Morgan fingerprint density at radius 3 is 2.50 bits per heavy atom. The molecule has 0 bridgehead atoms. The molecule has 0 saturated carbocycles. The van der Waals surface area contributed by atoms with Crippen LogP contribution in [0.2, 0.25) is 5.82 Å². The molecule has 8 heavy (non-hydrogen) atoms. The van der Waals surface area contributed by atoms with Crippen LogP contribution in [0.15, 0.2) is 12.2 Å². The van der Waals surface area contributed by atoms with Gasteiger partial charge in [-0.2, -0.15) is 0 Å². The first-order valence-electron chi connectivity index (χ1n) is 3.23. The maximum atomic E-state index is 5.61. The van der Waals surface area contributed by atoms with Gasteiger partial charge < -0.3 is 0 Å². The molecule has 0 N–H and O–H groups in total. The average Bonchev–Trinajstić information content (AvgIpc) is 1.77. The first-order valence-corrected chi connectivity index (χ1v) is 3.23. The highest BCUT2D eigenvalue weighted by molar-refractivity contribution is 6.12. The Labute approximate surface area is 52.4 Å². The molecule has 1 heteroatoms. The van der Waals surface area contributed by atoms with E-state index in [1.165, 1.54) is 6.42 Å². The van der Waals surface area contributed by atoms with Gasteiger partial charge in [0, 0.05) is 0 Å². The van der Waals surface area contributed by atoms with E-state index in [4.69, 9.17) is 7.85 Å². The summed E-state index contributed by atoms with van der Waals surface area (Å²) in [6.45, 7) is 2.22. The Balaban J connectivity index is 2.42. The Morgan fingerprint density at radius 2 is 2.12 bits per heavy atom. The van der Waals surface area contributed by atoms with Crippen molar-refractivity contribution < 1.29 is 0 Å². The van der Waals surface area contributed by atoms with E-state index < -0.39 is 0 Å². The summed E-state index contributed by atoms with van der Waals surface area (Å²) < 4.78 is 0. The zero-order valence-corrected chi connectivity index (χ0v) is 5.30. The van der Waals surface area contributed by atoms with Crippen LogP contribution >= 0.6 is 0 Å². The lowest BCUT2D eigenvalue weighted by Gasteiger charge is -2.15. The molecule has 0 amide bonds. The van der Waals surface area contributed by atoms with Gasteiger partial charge in [0.25, 0.3) is 0 Å². The van der Waals surface area contributed by atoms with Crippen molar-refractivity contribution in [2.75, 3.05) is 0 Å².